The first-order chi connectivity index (χ1) is 12.6. The lowest BCUT2D eigenvalue weighted by atomic mass is 9.95. The van der Waals surface area contributed by atoms with Gasteiger partial charge in [0.2, 0.25) is 0 Å². The molecule has 2 heterocycles. The number of aryl methyl sites for hydroxylation is 1. The molecule has 7 heteroatoms. The maximum atomic E-state index is 12.1. The predicted molar refractivity (Wildman–Crippen MR) is 104 cm³/mol. The fraction of sp³-hybridized carbons (Fsp3) is 0.263. The van der Waals surface area contributed by atoms with Crippen molar-refractivity contribution in [2.45, 2.75) is 19.9 Å². The molecule has 0 unspecified atom stereocenters. The number of H-pyrrole nitrogens is 1. The van der Waals surface area contributed by atoms with Crippen molar-refractivity contribution >= 4 is 30.0 Å². The fourth-order valence-corrected chi connectivity index (χ4v) is 2.84. The van der Waals surface area contributed by atoms with Crippen molar-refractivity contribution in [2.75, 3.05) is 19.5 Å². The molecule has 2 N–H and O–H groups in total. The standard InChI is InChI=1S/C19H20BN3O3/c1-4-11-7-14-17(23-19(11)24)15(20)10-22-18(14)21-9-12-5-6-13(25-2)8-16(12)26-3/h5-8,10H,4,9H2,1-3H3,(H,21,22)(H,23,24). The van der Waals surface area contributed by atoms with E-state index in [-0.39, 0.29) is 5.56 Å². The van der Waals surface area contributed by atoms with Crippen LogP contribution in [0.2, 0.25) is 0 Å². The van der Waals surface area contributed by atoms with Crippen molar-refractivity contribution in [3.05, 3.63) is 51.9 Å². The summed E-state index contributed by atoms with van der Waals surface area (Å²) in [5.41, 5.74) is 2.55. The molecule has 0 aliphatic heterocycles. The minimum atomic E-state index is -0.124. The number of hydrogen-bond donors (Lipinski definition) is 2. The molecule has 0 aliphatic carbocycles. The van der Waals surface area contributed by atoms with Gasteiger partial charge in [0.25, 0.3) is 5.56 Å². The number of hydrogen-bond acceptors (Lipinski definition) is 5. The van der Waals surface area contributed by atoms with Crippen LogP contribution in [0, 0.1) is 0 Å². The SMILES string of the molecule is [B]c1cnc(NCc2ccc(OC)cc2OC)c2cc(CC)c(=O)[nH]c12. The van der Waals surface area contributed by atoms with Crippen LogP contribution in [0.3, 0.4) is 0 Å². The molecule has 132 valence electrons. The number of nitrogens with one attached hydrogen (secondary N) is 2. The summed E-state index contributed by atoms with van der Waals surface area (Å²) in [5, 5.41) is 4.09. The first-order valence-electron chi connectivity index (χ1n) is 8.32. The molecular formula is C19H20BN3O3. The van der Waals surface area contributed by atoms with Gasteiger partial charge in [0.05, 0.1) is 14.2 Å². The monoisotopic (exact) mass is 349 g/mol. The summed E-state index contributed by atoms with van der Waals surface area (Å²) in [6.45, 7) is 2.44. The number of anilines is 1. The van der Waals surface area contributed by atoms with E-state index in [4.69, 9.17) is 17.3 Å². The highest BCUT2D eigenvalue weighted by Crippen LogP contribution is 2.26. The molecule has 1 aromatic carbocycles. The highest BCUT2D eigenvalue weighted by Gasteiger charge is 2.10. The van der Waals surface area contributed by atoms with E-state index in [9.17, 15) is 4.79 Å². The quantitative estimate of drug-likeness (QED) is 0.665. The second kappa shape index (κ2) is 7.51. The smallest absolute Gasteiger partial charge is 0.251 e. The van der Waals surface area contributed by atoms with Crippen molar-refractivity contribution < 1.29 is 9.47 Å². The molecule has 0 amide bonds. The largest absolute Gasteiger partial charge is 0.497 e. The lowest BCUT2D eigenvalue weighted by Gasteiger charge is -2.14. The molecule has 2 radical (unpaired) electrons. The summed E-state index contributed by atoms with van der Waals surface area (Å²) in [7, 11) is 9.21. The minimum absolute atomic E-state index is 0.124. The van der Waals surface area contributed by atoms with Crippen LogP contribution in [-0.2, 0) is 13.0 Å². The summed E-state index contributed by atoms with van der Waals surface area (Å²) < 4.78 is 10.6. The van der Waals surface area contributed by atoms with Crippen molar-refractivity contribution in [1.29, 1.82) is 0 Å². The molecule has 0 atom stereocenters. The lowest BCUT2D eigenvalue weighted by Crippen LogP contribution is -2.18. The maximum absolute atomic E-state index is 12.1. The van der Waals surface area contributed by atoms with Gasteiger partial charge in [0.15, 0.2) is 0 Å². The Kier molecular flexibility index (Phi) is 5.16. The molecule has 2 aromatic heterocycles. The number of methoxy groups -OCH3 is 2. The van der Waals surface area contributed by atoms with E-state index in [0.29, 0.717) is 35.3 Å². The fourth-order valence-electron chi connectivity index (χ4n) is 2.84. The normalized spacial score (nSPS) is 10.7. The molecule has 3 aromatic rings. The molecule has 26 heavy (non-hydrogen) atoms. The number of ether oxygens (including phenoxy) is 2. The Morgan fingerprint density at radius 3 is 2.69 bits per heavy atom. The van der Waals surface area contributed by atoms with Crippen LogP contribution in [0.15, 0.2) is 35.3 Å². The number of aromatic amines is 1. The van der Waals surface area contributed by atoms with Crippen LogP contribution in [0.25, 0.3) is 10.9 Å². The molecule has 0 saturated carbocycles. The zero-order valence-electron chi connectivity index (χ0n) is 15.1. The van der Waals surface area contributed by atoms with Crippen LogP contribution in [0.5, 0.6) is 11.5 Å². The third-order valence-corrected chi connectivity index (χ3v) is 4.32. The van der Waals surface area contributed by atoms with Gasteiger partial charge in [0.1, 0.15) is 25.2 Å². The maximum Gasteiger partial charge on any atom is 0.251 e. The van der Waals surface area contributed by atoms with Gasteiger partial charge < -0.3 is 19.8 Å². The van der Waals surface area contributed by atoms with Crippen LogP contribution in [0.4, 0.5) is 5.82 Å². The van der Waals surface area contributed by atoms with Crippen LogP contribution in [0.1, 0.15) is 18.1 Å². The zero-order chi connectivity index (χ0) is 18.7. The van der Waals surface area contributed by atoms with Gasteiger partial charge in [-0.1, -0.05) is 12.4 Å². The molecule has 0 saturated heterocycles. The highest BCUT2D eigenvalue weighted by molar-refractivity contribution is 6.38. The number of nitrogens with zero attached hydrogens (tertiary/aromatic N) is 1. The Morgan fingerprint density at radius 2 is 2.00 bits per heavy atom. The number of benzene rings is 1. The highest BCUT2D eigenvalue weighted by atomic mass is 16.5. The Bertz CT molecular complexity index is 1000. The lowest BCUT2D eigenvalue weighted by molar-refractivity contribution is 0.391. The van der Waals surface area contributed by atoms with E-state index >= 15 is 0 Å². The van der Waals surface area contributed by atoms with Gasteiger partial charge in [-0.3, -0.25) is 4.79 Å². The average molecular weight is 349 g/mol. The van der Waals surface area contributed by atoms with E-state index in [2.05, 4.69) is 15.3 Å². The van der Waals surface area contributed by atoms with E-state index in [0.717, 1.165) is 22.4 Å². The van der Waals surface area contributed by atoms with Gasteiger partial charge in [-0.25, -0.2) is 4.98 Å². The topological polar surface area (TPSA) is 76.2 Å². The van der Waals surface area contributed by atoms with Crippen molar-refractivity contribution in [3.63, 3.8) is 0 Å². The van der Waals surface area contributed by atoms with Crippen molar-refractivity contribution in [1.82, 2.24) is 9.97 Å². The second-order valence-electron chi connectivity index (χ2n) is 5.86. The van der Waals surface area contributed by atoms with Gasteiger partial charge in [-0.05, 0) is 24.6 Å². The third-order valence-electron chi connectivity index (χ3n) is 4.32. The van der Waals surface area contributed by atoms with E-state index in [1.165, 1.54) is 6.20 Å². The molecule has 6 nitrogen and oxygen atoms in total. The molecule has 0 bridgehead atoms. The van der Waals surface area contributed by atoms with E-state index < -0.39 is 0 Å². The van der Waals surface area contributed by atoms with Gasteiger partial charge in [-0.2, -0.15) is 0 Å². The molecule has 0 spiro atoms. The van der Waals surface area contributed by atoms with Crippen molar-refractivity contribution in [2.24, 2.45) is 0 Å². The van der Waals surface area contributed by atoms with E-state index in [1.807, 2.05) is 31.2 Å². The van der Waals surface area contributed by atoms with Gasteiger partial charge in [0, 0.05) is 40.8 Å². The van der Waals surface area contributed by atoms with Crippen molar-refractivity contribution in [3.8, 4) is 11.5 Å². The first kappa shape index (κ1) is 17.9. The summed E-state index contributed by atoms with van der Waals surface area (Å²) in [5.74, 6) is 2.10. The molecular weight excluding hydrogens is 329 g/mol. The van der Waals surface area contributed by atoms with Gasteiger partial charge >= 0.3 is 0 Å². The van der Waals surface area contributed by atoms with Crippen LogP contribution < -0.4 is 25.8 Å². The number of aromatic nitrogens is 2. The average Bonchev–Trinajstić information content (AvgIpc) is 2.67. The molecule has 3 rings (SSSR count). The minimum Gasteiger partial charge on any atom is -0.497 e. The Morgan fingerprint density at radius 1 is 1.19 bits per heavy atom. The van der Waals surface area contributed by atoms with E-state index in [1.54, 1.807) is 14.2 Å². The Hall–Kier alpha value is -2.96. The van der Waals surface area contributed by atoms with Crippen LogP contribution in [-0.4, -0.2) is 32.0 Å². The summed E-state index contributed by atoms with van der Waals surface area (Å²) in [6, 6.07) is 7.48. The first-order valence-corrected chi connectivity index (χ1v) is 8.32. The van der Waals surface area contributed by atoms with Crippen LogP contribution >= 0.6 is 0 Å². The number of pyridine rings is 2. The third kappa shape index (κ3) is 3.38. The summed E-state index contributed by atoms with van der Waals surface area (Å²) in [4.78, 5) is 19.3. The number of rotatable bonds is 6. The second-order valence-corrected chi connectivity index (χ2v) is 5.86. The summed E-state index contributed by atoms with van der Waals surface area (Å²) >= 11 is 0. The zero-order valence-corrected chi connectivity index (χ0v) is 15.1. The summed E-state index contributed by atoms with van der Waals surface area (Å²) in [6.07, 6.45) is 2.17. The number of fused-ring (bicyclic) bond motifs is 1. The molecule has 0 aliphatic rings. The molecule has 0 fully saturated rings. The Balaban J connectivity index is 1.97. The van der Waals surface area contributed by atoms with Gasteiger partial charge in [-0.15, -0.1) is 0 Å². The Labute approximate surface area is 153 Å². The predicted octanol–water partition coefficient (Wildman–Crippen LogP) is 1.91.